The first-order chi connectivity index (χ1) is 21.6. The number of aliphatic hydroxyl groups is 1. The second kappa shape index (κ2) is 14.5. The monoisotopic (exact) mass is 623 g/mol. The summed E-state index contributed by atoms with van der Waals surface area (Å²) in [6, 6.07) is 6.22. The molecule has 0 aliphatic carbocycles. The van der Waals surface area contributed by atoms with Crippen LogP contribution >= 0.6 is 0 Å². The van der Waals surface area contributed by atoms with Crippen LogP contribution in [0.3, 0.4) is 0 Å². The van der Waals surface area contributed by atoms with Crippen LogP contribution in [0.5, 0.6) is 0 Å². The fourth-order valence-corrected chi connectivity index (χ4v) is 7.99. The molecule has 9 nitrogen and oxygen atoms in total. The SMILES string of the molecule is C=CCCCOC(=O)[C@H]1[C@H]2C(=O)N([C@@H](CO)[C@@H](C)CC)C(C(=O)N(CC=C)c3ccc(N(CC)CC)cc3)C23CC[C@]1(CC)O3. The molecule has 0 aromatic heterocycles. The number of hydrogen-bond donors (Lipinski definition) is 1. The Labute approximate surface area is 269 Å². The van der Waals surface area contributed by atoms with E-state index in [1.54, 1.807) is 22.0 Å². The van der Waals surface area contributed by atoms with Gasteiger partial charge in [0.15, 0.2) is 0 Å². The summed E-state index contributed by atoms with van der Waals surface area (Å²) in [7, 11) is 0. The number of fused-ring (bicyclic) bond motifs is 1. The summed E-state index contributed by atoms with van der Waals surface area (Å²) >= 11 is 0. The van der Waals surface area contributed by atoms with Crippen LogP contribution in [0, 0.1) is 17.8 Å². The van der Waals surface area contributed by atoms with Crippen molar-refractivity contribution in [3.63, 3.8) is 0 Å². The molecule has 1 aromatic rings. The van der Waals surface area contributed by atoms with Gasteiger partial charge in [0.1, 0.15) is 17.6 Å². The molecular weight excluding hydrogens is 570 g/mol. The largest absolute Gasteiger partial charge is 0.465 e. The minimum absolute atomic E-state index is 0.0904. The molecule has 1 aromatic carbocycles. The number of aliphatic hydroxyl groups excluding tert-OH is 1. The van der Waals surface area contributed by atoms with Gasteiger partial charge in [-0.2, -0.15) is 0 Å². The number of allylic oxidation sites excluding steroid dienone is 1. The number of amides is 2. The topological polar surface area (TPSA) is 99.6 Å². The van der Waals surface area contributed by atoms with E-state index < -0.39 is 41.1 Å². The maximum atomic E-state index is 15.0. The molecule has 3 aliphatic heterocycles. The molecule has 1 N–H and O–H groups in total. The Morgan fingerprint density at radius 1 is 1.11 bits per heavy atom. The fourth-order valence-electron chi connectivity index (χ4n) is 7.99. The molecule has 0 radical (unpaired) electrons. The maximum Gasteiger partial charge on any atom is 0.312 e. The molecular formula is C36H53N3O6. The Balaban J connectivity index is 1.81. The van der Waals surface area contributed by atoms with Gasteiger partial charge in [0, 0.05) is 31.0 Å². The first-order valence-corrected chi connectivity index (χ1v) is 16.8. The van der Waals surface area contributed by atoms with E-state index in [1.807, 2.05) is 45.0 Å². The van der Waals surface area contributed by atoms with E-state index in [9.17, 15) is 19.5 Å². The summed E-state index contributed by atoms with van der Waals surface area (Å²) in [6.07, 6.45) is 7.04. The van der Waals surface area contributed by atoms with Crippen molar-refractivity contribution in [1.29, 1.82) is 0 Å². The number of unbranched alkanes of at least 4 members (excludes halogenated alkanes) is 1. The number of ether oxygens (including phenoxy) is 2. The molecule has 9 heteroatoms. The number of anilines is 2. The van der Waals surface area contributed by atoms with Gasteiger partial charge in [-0.25, -0.2) is 0 Å². The quantitative estimate of drug-likeness (QED) is 0.146. The highest BCUT2D eigenvalue weighted by Gasteiger charge is 2.79. The molecule has 2 amide bonds. The van der Waals surface area contributed by atoms with E-state index >= 15 is 0 Å². The van der Waals surface area contributed by atoms with Gasteiger partial charge in [-0.3, -0.25) is 14.4 Å². The van der Waals surface area contributed by atoms with E-state index in [1.165, 1.54) is 0 Å². The van der Waals surface area contributed by atoms with Gasteiger partial charge < -0.3 is 29.3 Å². The van der Waals surface area contributed by atoms with Gasteiger partial charge in [0.25, 0.3) is 5.91 Å². The summed E-state index contributed by atoms with van der Waals surface area (Å²) in [6.45, 7) is 19.7. The predicted octanol–water partition coefficient (Wildman–Crippen LogP) is 5.12. The summed E-state index contributed by atoms with van der Waals surface area (Å²) in [5, 5.41) is 10.7. The Morgan fingerprint density at radius 3 is 2.33 bits per heavy atom. The van der Waals surface area contributed by atoms with Gasteiger partial charge in [0.05, 0.1) is 30.8 Å². The first kappa shape index (κ1) is 34.7. The lowest BCUT2D eigenvalue weighted by atomic mass is 9.65. The number of likely N-dealkylation sites (tertiary alicyclic amines) is 1. The number of benzene rings is 1. The predicted molar refractivity (Wildman–Crippen MR) is 177 cm³/mol. The van der Waals surface area contributed by atoms with Crippen molar-refractivity contribution >= 4 is 29.2 Å². The maximum absolute atomic E-state index is 15.0. The molecule has 3 heterocycles. The van der Waals surface area contributed by atoms with E-state index in [-0.39, 0.29) is 37.5 Å². The van der Waals surface area contributed by atoms with Crippen molar-refractivity contribution in [1.82, 2.24) is 4.90 Å². The van der Waals surface area contributed by atoms with E-state index in [0.29, 0.717) is 44.2 Å². The van der Waals surface area contributed by atoms with Crippen LogP contribution < -0.4 is 9.80 Å². The molecule has 7 atom stereocenters. The molecule has 45 heavy (non-hydrogen) atoms. The Bertz CT molecular complexity index is 1230. The number of esters is 1. The standard InChI is InChI=1S/C36H53N3O6/c1-8-14-15-23-44-34(43)30-29-32(41)39(28(24-40)25(7)10-3)31(36(29)21-20-35(30,11-4)45-36)33(42)38(22-9-2)27-18-16-26(17-19-27)37(12-5)13-6/h8-9,16-19,25,28-31,40H,1-2,10-15,20-24H2,3-7H3/t25-,28-,29-,30+,31?,35-,36?/m0/s1. The smallest absolute Gasteiger partial charge is 0.312 e. The third kappa shape index (κ3) is 5.94. The number of carbonyl (C=O) groups excluding carboxylic acids is 3. The normalized spacial score (nSPS) is 28.0. The zero-order valence-electron chi connectivity index (χ0n) is 27.9. The van der Waals surface area contributed by atoms with Crippen LogP contribution in [0.15, 0.2) is 49.6 Å². The molecule has 3 fully saturated rings. The number of nitrogens with zero attached hydrogens (tertiary/aromatic N) is 3. The molecule has 3 saturated heterocycles. The van der Waals surface area contributed by atoms with Crippen LogP contribution in [-0.4, -0.2) is 83.9 Å². The molecule has 1 spiro atoms. The van der Waals surface area contributed by atoms with E-state index in [4.69, 9.17) is 9.47 Å². The lowest BCUT2D eigenvalue weighted by Crippen LogP contribution is -2.60. The fraction of sp³-hybridized carbons (Fsp3) is 0.639. The van der Waals surface area contributed by atoms with E-state index in [2.05, 4.69) is 31.9 Å². The molecule has 2 bridgehead atoms. The summed E-state index contributed by atoms with van der Waals surface area (Å²) < 4.78 is 12.7. The van der Waals surface area contributed by atoms with Crippen LogP contribution in [0.4, 0.5) is 11.4 Å². The van der Waals surface area contributed by atoms with Gasteiger partial charge in [0.2, 0.25) is 5.91 Å². The lowest BCUT2D eigenvalue weighted by molar-refractivity contribution is -0.162. The molecule has 2 unspecified atom stereocenters. The van der Waals surface area contributed by atoms with Crippen LogP contribution in [0.25, 0.3) is 0 Å². The second-order valence-corrected chi connectivity index (χ2v) is 12.7. The highest BCUT2D eigenvalue weighted by Crippen LogP contribution is 2.65. The minimum atomic E-state index is -1.21. The molecule has 3 aliphatic rings. The van der Waals surface area contributed by atoms with Gasteiger partial charge >= 0.3 is 5.97 Å². The van der Waals surface area contributed by atoms with Gasteiger partial charge in [-0.15, -0.1) is 13.2 Å². The van der Waals surface area contributed by atoms with Gasteiger partial charge in [-0.1, -0.05) is 39.3 Å². The van der Waals surface area contributed by atoms with E-state index in [0.717, 1.165) is 18.8 Å². The zero-order chi connectivity index (χ0) is 32.9. The second-order valence-electron chi connectivity index (χ2n) is 12.7. The van der Waals surface area contributed by atoms with Crippen molar-refractivity contribution in [2.24, 2.45) is 17.8 Å². The Hall–Kier alpha value is -3.17. The van der Waals surface area contributed by atoms with Crippen LogP contribution in [-0.2, 0) is 23.9 Å². The molecule has 4 rings (SSSR count). The Morgan fingerprint density at radius 2 is 1.78 bits per heavy atom. The van der Waals surface area contributed by atoms with Crippen molar-refractivity contribution in [2.45, 2.75) is 96.4 Å². The molecule has 0 saturated carbocycles. The summed E-state index contributed by atoms with van der Waals surface area (Å²) in [4.78, 5) is 48.9. The highest BCUT2D eigenvalue weighted by atomic mass is 16.6. The van der Waals surface area contributed by atoms with Crippen molar-refractivity contribution < 1.29 is 29.0 Å². The van der Waals surface area contributed by atoms with Crippen LogP contribution in [0.2, 0.25) is 0 Å². The highest BCUT2D eigenvalue weighted by molar-refractivity contribution is 6.05. The van der Waals surface area contributed by atoms with Gasteiger partial charge in [-0.05, 0) is 76.1 Å². The zero-order valence-corrected chi connectivity index (χ0v) is 27.9. The van der Waals surface area contributed by atoms with Crippen molar-refractivity contribution in [3.05, 3.63) is 49.6 Å². The third-order valence-corrected chi connectivity index (χ3v) is 10.6. The Kier molecular flexibility index (Phi) is 11.2. The van der Waals surface area contributed by atoms with Crippen molar-refractivity contribution in [3.8, 4) is 0 Å². The average molecular weight is 624 g/mol. The summed E-state index contributed by atoms with van der Waals surface area (Å²) in [5.74, 6) is -2.85. The number of carbonyl (C=O) groups is 3. The lowest BCUT2D eigenvalue weighted by Gasteiger charge is -2.41. The third-order valence-electron chi connectivity index (χ3n) is 10.6. The van der Waals surface area contributed by atoms with Crippen LogP contribution in [0.1, 0.15) is 73.1 Å². The summed E-state index contributed by atoms with van der Waals surface area (Å²) in [5.41, 5.74) is -0.361. The number of hydrogen-bond acceptors (Lipinski definition) is 7. The van der Waals surface area contributed by atoms with Crippen molar-refractivity contribution in [2.75, 3.05) is 42.6 Å². The molecule has 248 valence electrons. The first-order valence-electron chi connectivity index (χ1n) is 16.8. The minimum Gasteiger partial charge on any atom is -0.465 e. The number of rotatable bonds is 17. The average Bonchev–Trinajstić information content (AvgIpc) is 3.66.